The van der Waals surface area contributed by atoms with Crippen molar-refractivity contribution in [3.63, 3.8) is 0 Å². The van der Waals surface area contributed by atoms with Crippen LogP contribution in [0.3, 0.4) is 0 Å². The predicted octanol–water partition coefficient (Wildman–Crippen LogP) is 3.34. The van der Waals surface area contributed by atoms with Gasteiger partial charge in [-0.05, 0) is 13.0 Å². The Morgan fingerprint density at radius 3 is 2.45 bits per heavy atom. The van der Waals surface area contributed by atoms with Crippen LogP contribution in [-0.2, 0) is 12.0 Å². The van der Waals surface area contributed by atoms with Crippen LogP contribution < -0.4 is 5.32 Å². The molecule has 6 heteroatoms. The van der Waals surface area contributed by atoms with Crippen molar-refractivity contribution in [3.8, 4) is 0 Å². The van der Waals surface area contributed by atoms with E-state index in [1.165, 1.54) is 0 Å². The normalized spacial score (nSPS) is 11.3. The lowest BCUT2D eigenvalue weighted by Crippen LogP contribution is -2.31. The molecule has 0 saturated carbocycles. The van der Waals surface area contributed by atoms with Gasteiger partial charge in [0.2, 0.25) is 0 Å². The Labute approximate surface area is 130 Å². The molecule has 0 fully saturated rings. The van der Waals surface area contributed by atoms with Crippen molar-refractivity contribution in [3.05, 3.63) is 41.9 Å². The second-order valence-electron chi connectivity index (χ2n) is 6.33. The topological polar surface area (TPSA) is 71.3 Å². The third-order valence-electron chi connectivity index (χ3n) is 3.29. The molecule has 0 aliphatic heterocycles. The first-order valence-electron chi connectivity index (χ1n) is 7.15. The summed E-state index contributed by atoms with van der Waals surface area (Å²) in [5, 5.41) is 2.78. The Balaban J connectivity index is 1.98. The molecule has 2 aromatic rings. The number of aromatic nitrogens is 2. The standard InChI is InChI=1S/C16H22N4O2/c1-11-12(6-7-22-11)10-20(5)15(21)19-13-8-17-14(18-9-13)16(2,3)4/h6-9H,10H2,1-5H3,(H,19,21). The lowest BCUT2D eigenvalue weighted by molar-refractivity contribution is 0.220. The SMILES string of the molecule is Cc1occc1CN(C)C(=O)Nc1cnc(C(C)(C)C)nc1. The summed E-state index contributed by atoms with van der Waals surface area (Å²) in [5.41, 5.74) is 1.45. The van der Waals surface area contributed by atoms with Crippen LogP contribution in [0.15, 0.2) is 29.1 Å². The molecular weight excluding hydrogens is 280 g/mol. The summed E-state index contributed by atoms with van der Waals surface area (Å²) in [4.78, 5) is 22.3. The summed E-state index contributed by atoms with van der Waals surface area (Å²) in [7, 11) is 1.73. The molecule has 0 saturated heterocycles. The minimum Gasteiger partial charge on any atom is -0.469 e. The van der Waals surface area contributed by atoms with Crippen LogP contribution in [0.2, 0.25) is 0 Å². The number of furan rings is 1. The summed E-state index contributed by atoms with van der Waals surface area (Å²) in [5.74, 6) is 1.56. The lowest BCUT2D eigenvalue weighted by atomic mass is 9.96. The first-order valence-corrected chi connectivity index (χ1v) is 7.15. The molecule has 0 atom stereocenters. The minimum absolute atomic E-state index is 0.113. The fourth-order valence-corrected chi connectivity index (χ4v) is 1.90. The third-order valence-corrected chi connectivity index (χ3v) is 3.29. The zero-order chi connectivity index (χ0) is 16.3. The molecule has 0 bridgehead atoms. The molecule has 22 heavy (non-hydrogen) atoms. The number of carbonyl (C=O) groups is 1. The molecule has 1 N–H and O–H groups in total. The zero-order valence-electron chi connectivity index (χ0n) is 13.7. The van der Waals surface area contributed by atoms with Crippen LogP contribution in [-0.4, -0.2) is 27.9 Å². The molecule has 0 spiro atoms. The Morgan fingerprint density at radius 2 is 1.95 bits per heavy atom. The van der Waals surface area contributed by atoms with Crippen molar-refractivity contribution in [1.82, 2.24) is 14.9 Å². The quantitative estimate of drug-likeness (QED) is 0.944. The molecule has 2 heterocycles. The van der Waals surface area contributed by atoms with Gasteiger partial charge in [0.1, 0.15) is 11.6 Å². The molecule has 0 aliphatic rings. The zero-order valence-corrected chi connectivity index (χ0v) is 13.7. The first-order chi connectivity index (χ1) is 10.3. The van der Waals surface area contributed by atoms with E-state index in [-0.39, 0.29) is 11.4 Å². The number of rotatable bonds is 3. The average molecular weight is 302 g/mol. The Hall–Kier alpha value is -2.37. The lowest BCUT2D eigenvalue weighted by Gasteiger charge is -2.19. The van der Waals surface area contributed by atoms with Crippen molar-refractivity contribution in [2.24, 2.45) is 0 Å². The molecule has 2 aromatic heterocycles. The average Bonchev–Trinajstić information content (AvgIpc) is 2.84. The summed E-state index contributed by atoms with van der Waals surface area (Å²) in [6.45, 7) is 8.49. The van der Waals surface area contributed by atoms with Gasteiger partial charge in [-0.1, -0.05) is 20.8 Å². The number of aryl methyl sites for hydroxylation is 1. The van der Waals surface area contributed by atoms with E-state index >= 15 is 0 Å². The van der Waals surface area contributed by atoms with E-state index in [0.29, 0.717) is 12.2 Å². The van der Waals surface area contributed by atoms with E-state index in [4.69, 9.17) is 4.42 Å². The monoisotopic (exact) mass is 302 g/mol. The fourth-order valence-electron chi connectivity index (χ4n) is 1.90. The highest BCUT2D eigenvalue weighted by Crippen LogP contribution is 2.18. The van der Waals surface area contributed by atoms with Gasteiger partial charge in [-0.2, -0.15) is 0 Å². The molecular formula is C16H22N4O2. The van der Waals surface area contributed by atoms with Crippen LogP contribution in [0, 0.1) is 6.92 Å². The molecule has 0 aliphatic carbocycles. The number of anilines is 1. The van der Waals surface area contributed by atoms with Gasteiger partial charge in [-0.15, -0.1) is 0 Å². The number of carbonyl (C=O) groups excluding carboxylic acids is 1. The number of hydrogen-bond acceptors (Lipinski definition) is 4. The third kappa shape index (κ3) is 3.84. The van der Waals surface area contributed by atoms with E-state index in [9.17, 15) is 4.79 Å². The van der Waals surface area contributed by atoms with Crippen LogP contribution in [0.1, 0.15) is 37.9 Å². The van der Waals surface area contributed by atoms with Crippen molar-refractivity contribution < 1.29 is 9.21 Å². The second kappa shape index (κ2) is 6.17. The molecule has 0 aromatic carbocycles. The highest BCUT2D eigenvalue weighted by Gasteiger charge is 2.17. The number of nitrogens with one attached hydrogen (secondary N) is 1. The number of nitrogens with zero attached hydrogens (tertiary/aromatic N) is 3. The Kier molecular flexibility index (Phi) is 4.49. The van der Waals surface area contributed by atoms with Gasteiger partial charge in [0.05, 0.1) is 30.9 Å². The van der Waals surface area contributed by atoms with Gasteiger partial charge < -0.3 is 14.6 Å². The van der Waals surface area contributed by atoms with Gasteiger partial charge in [0.15, 0.2) is 0 Å². The van der Waals surface area contributed by atoms with Crippen molar-refractivity contribution in [2.75, 3.05) is 12.4 Å². The maximum absolute atomic E-state index is 12.2. The molecule has 6 nitrogen and oxygen atoms in total. The van der Waals surface area contributed by atoms with E-state index < -0.39 is 0 Å². The fraction of sp³-hybridized carbons (Fsp3) is 0.438. The Morgan fingerprint density at radius 1 is 1.32 bits per heavy atom. The minimum atomic E-state index is -0.215. The van der Waals surface area contributed by atoms with E-state index in [0.717, 1.165) is 17.1 Å². The number of urea groups is 1. The van der Waals surface area contributed by atoms with Crippen LogP contribution in [0.25, 0.3) is 0 Å². The van der Waals surface area contributed by atoms with E-state index in [2.05, 4.69) is 15.3 Å². The molecule has 118 valence electrons. The second-order valence-corrected chi connectivity index (χ2v) is 6.33. The van der Waals surface area contributed by atoms with Gasteiger partial charge >= 0.3 is 6.03 Å². The molecule has 2 rings (SSSR count). The van der Waals surface area contributed by atoms with E-state index in [1.807, 2.05) is 33.8 Å². The van der Waals surface area contributed by atoms with Gasteiger partial charge in [-0.3, -0.25) is 0 Å². The van der Waals surface area contributed by atoms with Crippen molar-refractivity contribution in [2.45, 2.75) is 39.7 Å². The summed E-state index contributed by atoms with van der Waals surface area (Å²) >= 11 is 0. The highest BCUT2D eigenvalue weighted by atomic mass is 16.3. The molecule has 0 unspecified atom stereocenters. The van der Waals surface area contributed by atoms with Crippen LogP contribution >= 0.6 is 0 Å². The Bertz CT molecular complexity index is 641. The van der Waals surface area contributed by atoms with Crippen LogP contribution in [0.4, 0.5) is 10.5 Å². The predicted molar refractivity (Wildman–Crippen MR) is 84.7 cm³/mol. The molecule has 0 radical (unpaired) electrons. The van der Waals surface area contributed by atoms with Crippen molar-refractivity contribution >= 4 is 11.7 Å². The van der Waals surface area contributed by atoms with Gasteiger partial charge in [-0.25, -0.2) is 14.8 Å². The number of amides is 2. The smallest absolute Gasteiger partial charge is 0.321 e. The van der Waals surface area contributed by atoms with E-state index in [1.54, 1.807) is 30.6 Å². The maximum Gasteiger partial charge on any atom is 0.321 e. The summed E-state index contributed by atoms with van der Waals surface area (Å²) < 4.78 is 5.23. The van der Waals surface area contributed by atoms with Gasteiger partial charge in [0.25, 0.3) is 0 Å². The molecule has 2 amide bonds. The highest BCUT2D eigenvalue weighted by molar-refractivity contribution is 5.88. The van der Waals surface area contributed by atoms with Gasteiger partial charge in [0, 0.05) is 18.0 Å². The largest absolute Gasteiger partial charge is 0.469 e. The maximum atomic E-state index is 12.2. The number of hydrogen-bond donors (Lipinski definition) is 1. The summed E-state index contributed by atoms with van der Waals surface area (Å²) in [6, 6.07) is 1.65. The van der Waals surface area contributed by atoms with Crippen LogP contribution in [0.5, 0.6) is 0 Å². The van der Waals surface area contributed by atoms with Crippen molar-refractivity contribution in [1.29, 1.82) is 0 Å². The first kappa shape index (κ1) is 16.0. The summed E-state index contributed by atoms with van der Waals surface area (Å²) in [6.07, 6.45) is 4.88.